The molecule has 2 saturated heterocycles. The zero-order chi connectivity index (χ0) is 12.0. The first-order chi connectivity index (χ1) is 8.15. The summed E-state index contributed by atoms with van der Waals surface area (Å²) in [4.78, 5) is 14.8. The molecular weight excluding hydrogens is 222 g/mol. The summed E-state index contributed by atoms with van der Waals surface area (Å²) in [6.07, 6.45) is 2.83. The Balaban J connectivity index is 1.75. The van der Waals surface area contributed by atoms with Crippen LogP contribution in [0.1, 0.15) is 25.1 Å². The molecule has 0 aromatic carbocycles. The van der Waals surface area contributed by atoms with Gasteiger partial charge in [-0.3, -0.25) is 9.69 Å². The van der Waals surface area contributed by atoms with Crippen molar-refractivity contribution in [2.75, 3.05) is 0 Å². The molecule has 0 aliphatic carbocycles. The molecule has 92 valence electrons. The maximum Gasteiger partial charge on any atom is 0.308 e. The molecule has 0 amide bonds. The summed E-state index contributed by atoms with van der Waals surface area (Å²) in [7, 11) is 1.73. The fourth-order valence-corrected chi connectivity index (χ4v) is 3.16. The van der Waals surface area contributed by atoms with Crippen molar-refractivity contribution < 1.29 is 9.90 Å². The van der Waals surface area contributed by atoms with Gasteiger partial charge in [-0.2, -0.15) is 4.80 Å². The smallest absolute Gasteiger partial charge is 0.308 e. The van der Waals surface area contributed by atoms with Crippen molar-refractivity contribution in [1.29, 1.82) is 0 Å². The molecule has 1 aromatic heterocycles. The Bertz CT molecular complexity index is 446. The first-order valence-corrected chi connectivity index (χ1v) is 5.86. The van der Waals surface area contributed by atoms with E-state index in [0.29, 0.717) is 18.4 Å². The van der Waals surface area contributed by atoms with E-state index >= 15 is 0 Å². The number of carboxylic acids is 1. The minimum Gasteiger partial charge on any atom is -0.481 e. The standard InChI is InChI=1S/C10H15N5O2/c1-14-12-9(11-13-14)5-15-6-2-3-8(15)7(4-6)10(16)17/h6-8H,2-5H2,1H3,(H,16,17). The highest BCUT2D eigenvalue weighted by atomic mass is 16.4. The molecule has 0 radical (unpaired) electrons. The van der Waals surface area contributed by atoms with Crippen LogP contribution in [0.3, 0.4) is 0 Å². The molecule has 7 nitrogen and oxygen atoms in total. The molecule has 17 heavy (non-hydrogen) atoms. The van der Waals surface area contributed by atoms with Gasteiger partial charge < -0.3 is 5.11 Å². The minimum absolute atomic E-state index is 0.154. The summed E-state index contributed by atoms with van der Waals surface area (Å²) in [5.41, 5.74) is 0. The maximum absolute atomic E-state index is 11.1. The Morgan fingerprint density at radius 2 is 2.35 bits per heavy atom. The van der Waals surface area contributed by atoms with Crippen LogP contribution >= 0.6 is 0 Å². The average molecular weight is 237 g/mol. The molecule has 1 N–H and O–H groups in total. The normalized spacial score (nSPS) is 32.2. The van der Waals surface area contributed by atoms with Gasteiger partial charge in [0.1, 0.15) is 0 Å². The molecule has 2 fully saturated rings. The SMILES string of the molecule is Cn1nnc(CN2C3CCC2C(C(=O)O)C3)n1. The Morgan fingerprint density at radius 3 is 2.94 bits per heavy atom. The summed E-state index contributed by atoms with van der Waals surface area (Å²) in [6, 6.07) is 0.534. The van der Waals surface area contributed by atoms with Gasteiger partial charge in [0.2, 0.25) is 0 Å². The first kappa shape index (κ1) is 10.6. The van der Waals surface area contributed by atoms with Crippen molar-refractivity contribution in [2.24, 2.45) is 13.0 Å². The lowest BCUT2D eigenvalue weighted by Gasteiger charge is -2.20. The quantitative estimate of drug-likeness (QED) is 0.773. The predicted octanol–water partition coefficient (Wildman–Crippen LogP) is -0.352. The van der Waals surface area contributed by atoms with Gasteiger partial charge in [0.15, 0.2) is 5.82 Å². The van der Waals surface area contributed by atoms with Gasteiger partial charge in [-0.15, -0.1) is 10.2 Å². The van der Waals surface area contributed by atoms with Crippen molar-refractivity contribution in [2.45, 2.75) is 37.9 Å². The Labute approximate surface area is 98.4 Å². The number of carbonyl (C=O) groups is 1. The van der Waals surface area contributed by atoms with Gasteiger partial charge in [0.05, 0.1) is 19.5 Å². The number of hydrogen-bond acceptors (Lipinski definition) is 5. The van der Waals surface area contributed by atoms with Crippen molar-refractivity contribution in [3.05, 3.63) is 5.82 Å². The highest BCUT2D eigenvalue weighted by molar-refractivity contribution is 5.71. The third-order valence-electron chi connectivity index (χ3n) is 3.87. The van der Waals surface area contributed by atoms with E-state index in [0.717, 1.165) is 19.3 Å². The van der Waals surface area contributed by atoms with Crippen LogP contribution in [0, 0.1) is 5.92 Å². The van der Waals surface area contributed by atoms with Gasteiger partial charge in [-0.25, -0.2) is 0 Å². The number of rotatable bonds is 3. The largest absolute Gasteiger partial charge is 0.481 e. The van der Waals surface area contributed by atoms with Crippen LogP contribution < -0.4 is 0 Å². The van der Waals surface area contributed by atoms with Gasteiger partial charge >= 0.3 is 5.97 Å². The Morgan fingerprint density at radius 1 is 1.53 bits per heavy atom. The van der Waals surface area contributed by atoms with Crippen LogP contribution in [-0.2, 0) is 18.4 Å². The monoisotopic (exact) mass is 237 g/mol. The number of fused-ring (bicyclic) bond motifs is 2. The molecule has 0 saturated carbocycles. The van der Waals surface area contributed by atoms with Crippen LogP contribution in [0.2, 0.25) is 0 Å². The summed E-state index contributed by atoms with van der Waals surface area (Å²) < 4.78 is 0. The molecule has 1 aromatic rings. The van der Waals surface area contributed by atoms with Crippen LogP contribution in [0.5, 0.6) is 0 Å². The van der Waals surface area contributed by atoms with Gasteiger partial charge in [-0.1, -0.05) is 0 Å². The molecular formula is C10H15N5O2. The van der Waals surface area contributed by atoms with E-state index in [1.807, 2.05) is 0 Å². The van der Waals surface area contributed by atoms with Crippen LogP contribution in [0.4, 0.5) is 0 Å². The highest BCUT2D eigenvalue weighted by Gasteiger charge is 2.49. The van der Waals surface area contributed by atoms with Crippen LogP contribution in [-0.4, -0.2) is 48.3 Å². The number of aryl methyl sites for hydroxylation is 1. The third-order valence-corrected chi connectivity index (χ3v) is 3.87. The maximum atomic E-state index is 11.1. The number of hydrogen-bond donors (Lipinski definition) is 1. The van der Waals surface area contributed by atoms with Crippen LogP contribution in [0.25, 0.3) is 0 Å². The third kappa shape index (κ3) is 1.70. The minimum atomic E-state index is -0.672. The second kappa shape index (κ2) is 3.76. The molecule has 3 unspecified atom stereocenters. The first-order valence-electron chi connectivity index (χ1n) is 5.86. The summed E-state index contributed by atoms with van der Waals surface area (Å²) >= 11 is 0. The average Bonchev–Trinajstić information content (AvgIpc) is 2.95. The fourth-order valence-electron chi connectivity index (χ4n) is 3.16. The summed E-state index contributed by atoms with van der Waals surface area (Å²) in [5, 5.41) is 21.0. The van der Waals surface area contributed by atoms with Gasteiger partial charge in [0, 0.05) is 12.1 Å². The molecule has 3 rings (SSSR count). The zero-order valence-corrected chi connectivity index (χ0v) is 9.65. The van der Waals surface area contributed by atoms with E-state index in [9.17, 15) is 4.79 Å². The van der Waals surface area contributed by atoms with E-state index in [1.54, 1.807) is 7.05 Å². The molecule has 7 heteroatoms. The number of tetrazole rings is 1. The van der Waals surface area contributed by atoms with Crippen molar-refractivity contribution in [3.8, 4) is 0 Å². The molecule has 3 heterocycles. The van der Waals surface area contributed by atoms with Gasteiger partial charge in [0.25, 0.3) is 0 Å². The number of nitrogens with zero attached hydrogens (tertiary/aromatic N) is 5. The molecule has 3 atom stereocenters. The van der Waals surface area contributed by atoms with E-state index < -0.39 is 5.97 Å². The molecule has 2 aliphatic heterocycles. The van der Waals surface area contributed by atoms with E-state index in [-0.39, 0.29) is 12.0 Å². The second-order valence-electron chi connectivity index (χ2n) is 4.85. The number of aliphatic carboxylic acids is 1. The summed E-state index contributed by atoms with van der Waals surface area (Å²) in [6.45, 7) is 0.618. The van der Waals surface area contributed by atoms with E-state index in [1.165, 1.54) is 4.80 Å². The predicted molar refractivity (Wildman–Crippen MR) is 56.9 cm³/mol. The summed E-state index contributed by atoms with van der Waals surface area (Å²) in [5.74, 6) is -0.213. The lowest BCUT2D eigenvalue weighted by Crippen LogP contribution is -2.32. The van der Waals surface area contributed by atoms with Crippen molar-refractivity contribution >= 4 is 5.97 Å². The fraction of sp³-hybridized carbons (Fsp3) is 0.800. The Hall–Kier alpha value is -1.50. The molecule has 0 spiro atoms. The van der Waals surface area contributed by atoms with Gasteiger partial charge in [-0.05, 0) is 24.5 Å². The lowest BCUT2D eigenvalue weighted by atomic mass is 9.89. The second-order valence-corrected chi connectivity index (χ2v) is 4.85. The topological polar surface area (TPSA) is 84.1 Å². The lowest BCUT2D eigenvalue weighted by molar-refractivity contribution is -0.142. The van der Waals surface area contributed by atoms with Crippen molar-refractivity contribution in [1.82, 2.24) is 25.1 Å². The number of aromatic nitrogens is 4. The number of carboxylic acid groups (broad SMARTS) is 1. The van der Waals surface area contributed by atoms with E-state index in [4.69, 9.17) is 5.11 Å². The van der Waals surface area contributed by atoms with E-state index in [2.05, 4.69) is 20.3 Å². The molecule has 2 aliphatic rings. The van der Waals surface area contributed by atoms with Crippen molar-refractivity contribution in [3.63, 3.8) is 0 Å². The Kier molecular flexibility index (Phi) is 2.36. The zero-order valence-electron chi connectivity index (χ0n) is 9.65. The van der Waals surface area contributed by atoms with Crippen LogP contribution in [0.15, 0.2) is 0 Å². The molecule has 2 bridgehead atoms. The highest BCUT2D eigenvalue weighted by Crippen LogP contribution is 2.42.